The molecule has 0 saturated heterocycles. The summed E-state index contributed by atoms with van der Waals surface area (Å²) in [6, 6.07) is 9.33. The Morgan fingerprint density at radius 3 is 2.54 bits per heavy atom. The van der Waals surface area contributed by atoms with Gasteiger partial charge in [0.1, 0.15) is 12.2 Å². The third-order valence-corrected chi connectivity index (χ3v) is 6.01. The Hall–Kier alpha value is -3.93. The lowest BCUT2D eigenvalue weighted by Crippen LogP contribution is -2.30. The fraction of sp³-hybridized carbons (Fsp3) is 0.217. The molecule has 2 aromatic carbocycles. The van der Waals surface area contributed by atoms with E-state index in [1.165, 1.54) is 37.7 Å². The number of carbonyl (C=O) groups excluding carboxylic acids is 1. The molecule has 182 valence electrons. The lowest BCUT2D eigenvalue weighted by atomic mass is 10.1. The third-order valence-electron chi connectivity index (χ3n) is 5.03. The summed E-state index contributed by atoms with van der Waals surface area (Å²) in [5.74, 6) is 0.228. The average Bonchev–Trinajstić information content (AvgIpc) is 3.22. The molecule has 0 saturated carbocycles. The van der Waals surface area contributed by atoms with Crippen LogP contribution in [-0.2, 0) is 17.5 Å². The van der Waals surface area contributed by atoms with E-state index >= 15 is 0 Å². The van der Waals surface area contributed by atoms with E-state index in [2.05, 4.69) is 15.4 Å². The highest BCUT2D eigenvalue weighted by atomic mass is 32.1. The standard InChI is InChI=1S/C23H19F3N4O4S/c1-12-27-20-21(35-12)19(13-7-8-16(33-2)17(9-13)34-3)29-30(22(20)32)11-18(31)28-15-6-4-5-14(10-15)23(24,25)26/h4-10H,11H2,1-3H3,(H,28,31). The molecule has 2 aromatic heterocycles. The van der Waals surface area contributed by atoms with Crippen LogP contribution in [0.15, 0.2) is 47.3 Å². The maximum Gasteiger partial charge on any atom is 0.416 e. The van der Waals surface area contributed by atoms with Crippen molar-refractivity contribution in [3.8, 4) is 22.8 Å². The summed E-state index contributed by atoms with van der Waals surface area (Å²) in [5.41, 5.74) is -0.405. The molecule has 0 atom stereocenters. The molecule has 0 aliphatic heterocycles. The predicted octanol–water partition coefficient (Wildman–Crippen LogP) is 4.50. The summed E-state index contributed by atoms with van der Waals surface area (Å²) in [7, 11) is 2.99. The fourth-order valence-corrected chi connectivity index (χ4v) is 4.37. The van der Waals surface area contributed by atoms with Crippen LogP contribution in [0.4, 0.5) is 18.9 Å². The minimum atomic E-state index is -4.55. The molecule has 4 rings (SSSR count). The van der Waals surface area contributed by atoms with E-state index in [4.69, 9.17) is 9.47 Å². The highest BCUT2D eigenvalue weighted by Crippen LogP contribution is 2.35. The van der Waals surface area contributed by atoms with Crippen LogP contribution in [0.5, 0.6) is 11.5 Å². The number of amides is 1. The SMILES string of the molecule is COc1ccc(-c2nn(CC(=O)Nc3cccc(C(F)(F)F)c3)c(=O)c3nc(C)sc23)cc1OC. The number of ether oxygens (including phenoxy) is 2. The highest BCUT2D eigenvalue weighted by molar-refractivity contribution is 7.19. The average molecular weight is 504 g/mol. The molecule has 12 heteroatoms. The van der Waals surface area contributed by atoms with E-state index in [-0.39, 0.29) is 11.2 Å². The first-order valence-corrected chi connectivity index (χ1v) is 11.0. The number of thiazole rings is 1. The number of fused-ring (bicyclic) bond motifs is 1. The van der Waals surface area contributed by atoms with Crippen LogP contribution in [0.3, 0.4) is 0 Å². The van der Waals surface area contributed by atoms with Crippen LogP contribution in [0.25, 0.3) is 21.5 Å². The second kappa shape index (κ2) is 9.37. The van der Waals surface area contributed by atoms with Gasteiger partial charge >= 0.3 is 6.18 Å². The number of aromatic nitrogens is 3. The van der Waals surface area contributed by atoms with Crippen LogP contribution >= 0.6 is 11.3 Å². The van der Waals surface area contributed by atoms with Crippen molar-refractivity contribution in [2.24, 2.45) is 0 Å². The second-order valence-electron chi connectivity index (χ2n) is 7.42. The maximum atomic E-state index is 13.0. The maximum absolute atomic E-state index is 13.0. The minimum absolute atomic E-state index is 0.0523. The van der Waals surface area contributed by atoms with Crippen molar-refractivity contribution in [2.45, 2.75) is 19.6 Å². The Kier molecular flexibility index (Phi) is 6.48. The van der Waals surface area contributed by atoms with Gasteiger partial charge in [0, 0.05) is 11.3 Å². The molecule has 0 radical (unpaired) electrons. The zero-order valence-corrected chi connectivity index (χ0v) is 19.6. The van der Waals surface area contributed by atoms with Crippen LogP contribution in [0.2, 0.25) is 0 Å². The summed E-state index contributed by atoms with van der Waals surface area (Å²) < 4.78 is 51.0. The van der Waals surface area contributed by atoms with Crippen molar-refractivity contribution in [2.75, 3.05) is 19.5 Å². The van der Waals surface area contributed by atoms with Crippen molar-refractivity contribution in [1.82, 2.24) is 14.8 Å². The van der Waals surface area contributed by atoms with Gasteiger partial charge in [0.15, 0.2) is 17.0 Å². The lowest BCUT2D eigenvalue weighted by Gasteiger charge is -2.12. The number of methoxy groups -OCH3 is 2. The minimum Gasteiger partial charge on any atom is -0.493 e. The molecule has 0 spiro atoms. The Labute approximate surface area is 200 Å². The van der Waals surface area contributed by atoms with Gasteiger partial charge in [0.2, 0.25) is 5.91 Å². The summed E-state index contributed by atoms with van der Waals surface area (Å²) >= 11 is 1.28. The van der Waals surface area contributed by atoms with E-state index in [1.54, 1.807) is 25.1 Å². The molecule has 0 bridgehead atoms. The molecule has 35 heavy (non-hydrogen) atoms. The predicted molar refractivity (Wildman–Crippen MR) is 125 cm³/mol. The molecule has 4 aromatic rings. The van der Waals surface area contributed by atoms with Crippen LogP contribution in [0.1, 0.15) is 10.6 Å². The van der Waals surface area contributed by atoms with E-state index in [0.717, 1.165) is 16.8 Å². The number of hydrogen-bond acceptors (Lipinski definition) is 7. The molecule has 0 aliphatic rings. The summed E-state index contributed by atoms with van der Waals surface area (Å²) in [6.07, 6.45) is -4.55. The first-order chi connectivity index (χ1) is 16.6. The summed E-state index contributed by atoms with van der Waals surface area (Å²) in [6.45, 7) is 1.22. The molecule has 0 unspecified atom stereocenters. The van der Waals surface area contributed by atoms with Crippen molar-refractivity contribution in [3.63, 3.8) is 0 Å². The van der Waals surface area contributed by atoms with Gasteiger partial charge < -0.3 is 14.8 Å². The van der Waals surface area contributed by atoms with E-state index in [1.807, 2.05) is 0 Å². The van der Waals surface area contributed by atoms with Gasteiger partial charge in [-0.1, -0.05) is 6.07 Å². The monoisotopic (exact) mass is 504 g/mol. The zero-order valence-electron chi connectivity index (χ0n) is 18.8. The number of anilines is 1. The topological polar surface area (TPSA) is 95.3 Å². The molecule has 0 fully saturated rings. The Balaban J connectivity index is 1.72. The van der Waals surface area contributed by atoms with Crippen molar-refractivity contribution in [1.29, 1.82) is 0 Å². The van der Waals surface area contributed by atoms with Crippen molar-refractivity contribution < 1.29 is 27.4 Å². The van der Waals surface area contributed by atoms with Gasteiger partial charge in [-0.3, -0.25) is 9.59 Å². The first kappa shape index (κ1) is 24.2. The number of nitrogens with zero attached hydrogens (tertiary/aromatic N) is 3. The molecule has 1 N–H and O–H groups in total. The normalized spacial score (nSPS) is 11.5. The lowest BCUT2D eigenvalue weighted by molar-refractivity contribution is -0.137. The smallest absolute Gasteiger partial charge is 0.416 e. The molecular weight excluding hydrogens is 485 g/mol. The molecule has 2 heterocycles. The van der Waals surface area contributed by atoms with Crippen LogP contribution in [-0.4, -0.2) is 34.9 Å². The number of nitrogens with one attached hydrogen (secondary N) is 1. The van der Waals surface area contributed by atoms with E-state index in [9.17, 15) is 22.8 Å². The number of alkyl halides is 3. The van der Waals surface area contributed by atoms with Gasteiger partial charge in [-0.25, -0.2) is 9.67 Å². The van der Waals surface area contributed by atoms with E-state index < -0.39 is 29.8 Å². The van der Waals surface area contributed by atoms with Gasteiger partial charge in [0.05, 0.1) is 29.5 Å². The zero-order chi connectivity index (χ0) is 25.3. The van der Waals surface area contributed by atoms with Gasteiger partial charge in [0.25, 0.3) is 5.56 Å². The Morgan fingerprint density at radius 2 is 1.86 bits per heavy atom. The number of rotatable bonds is 6. The number of halogens is 3. The van der Waals surface area contributed by atoms with E-state index in [0.29, 0.717) is 32.5 Å². The Morgan fingerprint density at radius 1 is 1.11 bits per heavy atom. The number of benzene rings is 2. The molecule has 8 nitrogen and oxygen atoms in total. The molecular formula is C23H19F3N4O4S. The fourth-order valence-electron chi connectivity index (χ4n) is 3.46. The first-order valence-electron chi connectivity index (χ1n) is 10.2. The van der Waals surface area contributed by atoms with Crippen LogP contribution in [0, 0.1) is 6.92 Å². The summed E-state index contributed by atoms with van der Waals surface area (Å²) in [4.78, 5) is 29.9. The quantitative estimate of drug-likeness (QED) is 0.415. The third kappa shape index (κ3) is 4.97. The van der Waals surface area contributed by atoms with Gasteiger partial charge in [-0.15, -0.1) is 11.3 Å². The summed E-state index contributed by atoms with van der Waals surface area (Å²) in [5, 5.41) is 7.40. The molecule has 0 aliphatic carbocycles. The Bertz CT molecular complexity index is 1480. The van der Waals surface area contributed by atoms with Crippen molar-refractivity contribution >= 4 is 33.1 Å². The number of aryl methyl sites for hydroxylation is 1. The van der Waals surface area contributed by atoms with Gasteiger partial charge in [-0.2, -0.15) is 18.3 Å². The largest absolute Gasteiger partial charge is 0.493 e. The highest BCUT2D eigenvalue weighted by Gasteiger charge is 2.30. The number of hydrogen-bond donors (Lipinski definition) is 1. The van der Waals surface area contributed by atoms with Crippen molar-refractivity contribution in [3.05, 3.63) is 63.4 Å². The number of carbonyl (C=O) groups is 1. The second-order valence-corrected chi connectivity index (χ2v) is 8.62. The molecule has 1 amide bonds. The van der Waals surface area contributed by atoms with Crippen LogP contribution < -0.4 is 20.3 Å². The van der Waals surface area contributed by atoms with Gasteiger partial charge in [-0.05, 0) is 43.3 Å².